The first kappa shape index (κ1) is 35.1. The number of ether oxygens (including phenoxy) is 3. The first-order chi connectivity index (χ1) is 23.5. The molecule has 0 spiro atoms. The Bertz CT molecular complexity index is 1610. The number of hydrogen-bond donors (Lipinski definition) is 3. The van der Waals surface area contributed by atoms with Crippen molar-refractivity contribution in [3.8, 4) is 11.1 Å². The van der Waals surface area contributed by atoms with Crippen LogP contribution in [0.1, 0.15) is 88.0 Å². The minimum Gasteiger partial charge on any atom is -0.465 e. The van der Waals surface area contributed by atoms with Gasteiger partial charge in [0.2, 0.25) is 0 Å². The number of benzene rings is 3. The maximum Gasteiger partial charge on any atom is 0.325 e. The van der Waals surface area contributed by atoms with E-state index >= 15 is 0 Å². The highest BCUT2D eigenvalue weighted by Gasteiger charge is 2.50. The van der Waals surface area contributed by atoms with E-state index in [0.29, 0.717) is 23.4 Å². The van der Waals surface area contributed by atoms with Gasteiger partial charge in [0.1, 0.15) is 6.54 Å². The molecule has 3 aromatic rings. The summed E-state index contributed by atoms with van der Waals surface area (Å²) in [5.41, 5.74) is 6.59. The maximum atomic E-state index is 12.2. The number of esters is 1. The number of aliphatic hydroxyl groups is 1. The summed E-state index contributed by atoms with van der Waals surface area (Å²) in [5.74, 6) is -0.473. The van der Waals surface area contributed by atoms with Crippen LogP contribution in [0.25, 0.3) is 11.1 Å². The molecule has 0 radical (unpaired) electrons. The molecule has 5 unspecified atom stereocenters. The van der Waals surface area contributed by atoms with Gasteiger partial charge >= 0.3 is 12.0 Å². The molecular formula is C40H51N3O6. The fraction of sp³-hybridized carbons (Fsp3) is 0.500. The molecule has 5 atom stereocenters. The van der Waals surface area contributed by atoms with Crippen LogP contribution in [0, 0.1) is 10.8 Å². The lowest BCUT2D eigenvalue weighted by molar-refractivity contribution is -0.253. The van der Waals surface area contributed by atoms with Crippen molar-refractivity contribution in [2.45, 2.75) is 91.1 Å². The van der Waals surface area contributed by atoms with Crippen molar-refractivity contribution >= 4 is 12.0 Å². The second-order valence-corrected chi connectivity index (χ2v) is 15.2. The highest BCUT2D eigenvalue weighted by atomic mass is 16.7. The van der Waals surface area contributed by atoms with E-state index in [2.05, 4.69) is 72.7 Å². The second-order valence-electron chi connectivity index (χ2n) is 15.2. The molecule has 2 heterocycles. The molecule has 2 amide bonds. The molecule has 0 aromatic heterocycles. The molecule has 3 fully saturated rings. The zero-order chi connectivity index (χ0) is 34.6. The molecule has 2 bridgehead atoms. The highest BCUT2D eigenvalue weighted by molar-refractivity contribution is 5.80. The number of nitrogens with zero attached hydrogens (tertiary/aromatic N) is 1. The third-order valence-electron chi connectivity index (χ3n) is 10.1. The Morgan fingerprint density at radius 3 is 2.43 bits per heavy atom. The Balaban J connectivity index is 1.18. The average Bonchev–Trinajstić information content (AvgIpc) is 3.33. The lowest BCUT2D eigenvalue weighted by Gasteiger charge is -2.41. The predicted octanol–water partition coefficient (Wildman–Crippen LogP) is 6.65. The lowest BCUT2D eigenvalue weighted by atomic mass is 9.65. The summed E-state index contributed by atoms with van der Waals surface area (Å²) >= 11 is 0. The van der Waals surface area contributed by atoms with Crippen LogP contribution in [0.2, 0.25) is 0 Å². The molecule has 3 N–H and O–H groups in total. The number of hydrogen-bond acceptors (Lipinski definition) is 7. The van der Waals surface area contributed by atoms with Crippen LogP contribution in [0.15, 0.2) is 72.8 Å². The van der Waals surface area contributed by atoms with Gasteiger partial charge in [-0.15, -0.1) is 0 Å². The largest absolute Gasteiger partial charge is 0.465 e. The molecular weight excluding hydrogens is 618 g/mol. The van der Waals surface area contributed by atoms with Crippen molar-refractivity contribution < 1.29 is 28.9 Å². The van der Waals surface area contributed by atoms with Crippen molar-refractivity contribution in [2.75, 3.05) is 26.2 Å². The van der Waals surface area contributed by atoms with Crippen molar-refractivity contribution in [1.29, 1.82) is 0 Å². The van der Waals surface area contributed by atoms with Gasteiger partial charge in [0, 0.05) is 37.7 Å². The molecule has 262 valence electrons. The van der Waals surface area contributed by atoms with E-state index in [0.717, 1.165) is 52.9 Å². The third kappa shape index (κ3) is 8.89. The van der Waals surface area contributed by atoms with Crippen LogP contribution in [0.4, 0.5) is 4.79 Å². The number of urea groups is 1. The summed E-state index contributed by atoms with van der Waals surface area (Å²) < 4.78 is 18.4. The van der Waals surface area contributed by atoms with Crippen LogP contribution in [0.5, 0.6) is 0 Å². The minimum atomic E-state index is -0.539. The van der Waals surface area contributed by atoms with Gasteiger partial charge in [-0.2, -0.15) is 0 Å². The number of aliphatic hydroxyl groups excluding tert-OH is 1. The third-order valence-corrected chi connectivity index (χ3v) is 10.1. The Hall–Kier alpha value is -3.76. The first-order valence-corrected chi connectivity index (χ1v) is 17.6. The van der Waals surface area contributed by atoms with Crippen molar-refractivity contribution in [3.63, 3.8) is 0 Å². The van der Waals surface area contributed by atoms with Crippen molar-refractivity contribution in [2.24, 2.45) is 10.8 Å². The molecule has 2 aliphatic heterocycles. The smallest absolute Gasteiger partial charge is 0.325 e. The molecule has 2 saturated heterocycles. The number of carbonyl (C=O) groups is 2. The van der Waals surface area contributed by atoms with Gasteiger partial charge in [-0.25, -0.2) is 4.79 Å². The quantitative estimate of drug-likeness (QED) is 0.196. The molecule has 3 aromatic carbocycles. The number of carbonyl (C=O) groups excluding carboxylic acids is 2. The van der Waals surface area contributed by atoms with E-state index in [1.165, 1.54) is 19.3 Å². The maximum absolute atomic E-state index is 12.2. The van der Waals surface area contributed by atoms with Gasteiger partial charge in [-0.05, 0) is 77.0 Å². The van der Waals surface area contributed by atoms with Crippen LogP contribution in [-0.2, 0) is 32.2 Å². The van der Waals surface area contributed by atoms with Crippen LogP contribution >= 0.6 is 0 Å². The van der Waals surface area contributed by atoms with Gasteiger partial charge in [-0.3, -0.25) is 9.69 Å². The summed E-state index contributed by atoms with van der Waals surface area (Å²) in [4.78, 5) is 26.5. The Morgan fingerprint density at radius 1 is 0.918 bits per heavy atom. The molecule has 9 nitrogen and oxygen atoms in total. The zero-order valence-electron chi connectivity index (χ0n) is 29.2. The zero-order valence-corrected chi connectivity index (χ0v) is 29.2. The summed E-state index contributed by atoms with van der Waals surface area (Å²) in [7, 11) is 0. The van der Waals surface area contributed by atoms with Gasteiger partial charge in [0.05, 0.1) is 25.4 Å². The van der Waals surface area contributed by atoms with Crippen LogP contribution in [-0.4, -0.2) is 60.4 Å². The monoisotopic (exact) mass is 669 g/mol. The van der Waals surface area contributed by atoms with Crippen molar-refractivity contribution in [3.05, 3.63) is 95.1 Å². The van der Waals surface area contributed by atoms with Gasteiger partial charge in [0.15, 0.2) is 6.29 Å². The number of amides is 2. The molecule has 1 saturated carbocycles. The lowest BCUT2D eigenvalue weighted by Crippen LogP contribution is -2.42. The molecule has 6 rings (SSSR count). The minimum absolute atomic E-state index is 0.000337. The molecule has 1 aliphatic carbocycles. The Labute approximate surface area is 290 Å². The summed E-state index contributed by atoms with van der Waals surface area (Å²) in [6.45, 7) is 11.4. The van der Waals surface area contributed by atoms with Gasteiger partial charge in [-0.1, -0.05) is 81.4 Å². The molecule has 3 aliphatic rings. The van der Waals surface area contributed by atoms with Gasteiger partial charge < -0.3 is 30.0 Å². The predicted molar refractivity (Wildman–Crippen MR) is 188 cm³/mol. The Kier molecular flexibility index (Phi) is 10.7. The Morgan fingerprint density at radius 2 is 1.67 bits per heavy atom. The van der Waals surface area contributed by atoms with E-state index in [-0.39, 0.29) is 32.0 Å². The fourth-order valence-electron chi connectivity index (χ4n) is 8.42. The van der Waals surface area contributed by atoms with Crippen molar-refractivity contribution in [1.82, 2.24) is 15.5 Å². The topological polar surface area (TPSA) is 109 Å². The number of rotatable bonds is 11. The first-order valence-electron chi connectivity index (χ1n) is 17.6. The van der Waals surface area contributed by atoms with E-state index in [4.69, 9.17) is 14.2 Å². The van der Waals surface area contributed by atoms with E-state index < -0.39 is 18.3 Å². The van der Waals surface area contributed by atoms with Crippen LogP contribution < -0.4 is 10.6 Å². The summed E-state index contributed by atoms with van der Waals surface area (Å²) in [6.07, 6.45) is 3.82. The standard InChI is InChI=1S/C40H51N3O6/c1-5-47-36(45)22-42-38(46)41-21-28-8-6-9-30(16-28)31-10-7-11-32(17-31)37-48-34(18-35(49-37)29-14-12-27(24-44)13-15-29)23-43-26-40(4)20-33(43)19-39(2,3)25-40/h6-17,33-35,37,44H,5,18-26H2,1-4H3,(H2,41,42,46). The fourth-order valence-corrected chi connectivity index (χ4v) is 8.42. The average molecular weight is 670 g/mol. The second kappa shape index (κ2) is 15.0. The van der Waals surface area contributed by atoms with E-state index in [1.807, 2.05) is 36.4 Å². The number of fused-ring (bicyclic) bond motifs is 2. The number of nitrogens with one attached hydrogen (secondary N) is 2. The number of likely N-dealkylation sites (tertiary alicyclic amines) is 1. The van der Waals surface area contributed by atoms with Crippen LogP contribution in [0.3, 0.4) is 0 Å². The van der Waals surface area contributed by atoms with Gasteiger partial charge in [0.25, 0.3) is 0 Å². The molecule has 9 heteroatoms. The molecule has 49 heavy (non-hydrogen) atoms. The summed E-state index contributed by atoms with van der Waals surface area (Å²) in [6, 6.07) is 24.5. The normalized spacial score (nSPS) is 26.2. The SMILES string of the molecule is CCOC(=O)CNC(=O)NCc1cccc(-c2cccc(C3OC(CN4CC5(C)CC4CC(C)(C)C5)CC(c4ccc(CO)cc4)O3)c2)c1. The highest BCUT2D eigenvalue weighted by Crippen LogP contribution is 2.53. The van der Waals surface area contributed by atoms with E-state index in [9.17, 15) is 14.7 Å². The van der Waals surface area contributed by atoms with E-state index in [1.54, 1.807) is 6.92 Å². The summed E-state index contributed by atoms with van der Waals surface area (Å²) in [5, 5.41) is 14.9.